The highest BCUT2D eigenvalue weighted by atomic mass is 31.1. The van der Waals surface area contributed by atoms with Crippen LogP contribution in [0.25, 0.3) is 11.1 Å². The van der Waals surface area contributed by atoms with Gasteiger partial charge in [-0.05, 0) is 54.3 Å². The smallest absolute Gasteiger partial charge is 0.387 e. The number of hydrogen-bond donors (Lipinski definition) is 1. The zero-order chi connectivity index (χ0) is 27.8. The second-order valence-electron chi connectivity index (χ2n) is 8.25. The molecule has 0 fully saturated rings. The molecule has 38 heavy (non-hydrogen) atoms. The number of benzene rings is 3. The van der Waals surface area contributed by atoms with Crippen LogP contribution < -0.4 is 19.5 Å². The molecule has 0 aromatic heterocycles. The van der Waals surface area contributed by atoms with E-state index in [0.29, 0.717) is 23.6 Å². The number of carbonyl (C=O) groups is 1. The Hall–Kier alpha value is -3.78. The van der Waals surface area contributed by atoms with Crippen molar-refractivity contribution < 1.29 is 32.0 Å². The highest BCUT2D eigenvalue weighted by Gasteiger charge is 2.28. The molecule has 0 spiro atoms. The van der Waals surface area contributed by atoms with Crippen molar-refractivity contribution in [3.63, 3.8) is 0 Å². The van der Waals surface area contributed by atoms with Gasteiger partial charge in [-0.1, -0.05) is 36.4 Å². The van der Waals surface area contributed by atoms with E-state index < -0.39 is 6.61 Å². The number of ether oxygens (including phenoxy) is 3. The summed E-state index contributed by atoms with van der Waals surface area (Å²) < 4.78 is 49.7. The normalized spacial score (nSPS) is 14.4. The number of carbonyl (C=O) groups excluding carboxylic acids is 1. The number of halogens is 3. The number of methoxy groups -OCH3 is 2. The maximum absolute atomic E-state index is 12.6. The maximum Gasteiger partial charge on any atom is 0.387 e. The lowest BCUT2D eigenvalue weighted by atomic mass is 9.93. The fourth-order valence-electron chi connectivity index (χ4n) is 4.20. The zero-order valence-electron chi connectivity index (χ0n) is 21.4. The monoisotopic (exact) mass is 547 g/mol. The van der Waals surface area contributed by atoms with Crippen LogP contribution in [0, 0.1) is 0 Å². The van der Waals surface area contributed by atoms with E-state index in [9.17, 15) is 17.8 Å². The Labute approximate surface area is 221 Å². The Balaban J connectivity index is 0.00000195. The number of hydrazone groups is 1. The zero-order valence-corrected chi connectivity index (χ0v) is 22.5. The van der Waals surface area contributed by atoms with Gasteiger partial charge < -0.3 is 19.5 Å². The molecule has 4 rings (SSSR count). The van der Waals surface area contributed by atoms with Crippen LogP contribution in [-0.4, -0.2) is 50.7 Å². The lowest BCUT2D eigenvalue weighted by Crippen LogP contribution is -2.41. The van der Waals surface area contributed by atoms with Gasteiger partial charge in [0, 0.05) is 18.2 Å². The molecule has 1 aliphatic rings. The summed E-state index contributed by atoms with van der Waals surface area (Å²) in [6, 6.07) is 17.4. The summed E-state index contributed by atoms with van der Waals surface area (Å²) in [7, 11) is 5.64. The third-order valence-corrected chi connectivity index (χ3v) is 6.00. The lowest BCUT2D eigenvalue weighted by molar-refractivity contribution is -0.0498. The minimum atomic E-state index is -2.87. The molecule has 2 amide bonds. The van der Waals surface area contributed by atoms with Gasteiger partial charge in [0.1, 0.15) is 5.75 Å². The van der Waals surface area contributed by atoms with Crippen LogP contribution in [0.4, 0.5) is 17.8 Å². The molecule has 7 nitrogen and oxygen atoms in total. The molecule has 0 bridgehead atoms. The van der Waals surface area contributed by atoms with Crippen LogP contribution in [0.15, 0.2) is 65.8 Å². The van der Waals surface area contributed by atoms with E-state index >= 15 is 0 Å². The summed E-state index contributed by atoms with van der Waals surface area (Å²) in [6.07, 6.45) is 0.571. The van der Waals surface area contributed by atoms with Crippen molar-refractivity contribution in [2.45, 2.75) is 26.0 Å². The maximum atomic E-state index is 12.6. The van der Waals surface area contributed by atoms with Gasteiger partial charge in [0.2, 0.25) is 0 Å². The molecule has 3 aromatic carbocycles. The third kappa shape index (κ3) is 6.37. The molecule has 0 aliphatic carbocycles. The van der Waals surface area contributed by atoms with Crippen LogP contribution in [0.1, 0.15) is 23.6 Å². The fraction of sp³-hybridized carbons (Fsp3) is 0.259. The van der Waals surface area contributed by atoms with Crippen molar-refractivity contribution >= 4 is 21.3 Å². The van der Waals surface area contributed by atoms with Gasteiger partial charge in [-0.25, -0.2) is 14.0 Å². The highest BCUT2D eigenvalue weighted by Crippen LogP contribution is 2.35. The fourth-order valence-corrected chi connectivity index (χ4v) is 4.20. The Morgan fingerprint density at radius 3 is 2.03 bits per heavy atom. The van der Waals surface area contributed by atoms with Gasteiger partial charge in [0.05, 0.1) is 35.5 Å². The van der Waals surface area contributed by atoms with Gasteiger partial charge in [0.25, 0.3) is 0 Å². The van der Waals surface area contributed by atoms with Crippen LogP contribution in [-0.2, 0) is 6.42 Å². The number of urea groups is 1. The number of nitrogens with one attached hydrogen (secondary N) is 1. The predicted octanol–water partition coefficient (Wildman–Crippen LogP) is 6.06. The van der Waals surface area contributed by atoms with Crippen molar-refractivity contribution in [2.75, 3.05) is 21.3 Å². The van der Waals surface area contributed by atoms with Crippen LogP contribution >= 0.6 is 9.55 Å². The van der Waals surface area contributed by atoms with E-state index in [1.165, 1.54) is 17.1 Å². The topological polar surface area (TPSA) is 72.4 Å². The highest BCUT2D eigenvalue weighted by molar-refractivity contribution is 7.09. The van der Waals surface area contributed by atoms with Gasteiger partial charge in [-0.2, -0.15) is 13.9 Å². The van der Waals surface area contributed by atoms with E-state index in [0.717, 1.165) is 37.4 Å². The Morgan fingerprint density at radius 1 is 0.974 bits per heavy atom. The Bertz CT molecular complexity index is 1270. The number of nitrogens with zero attached hydrogens (tertiary/aromatic N) is 2. The van der Waals surface area contributed by atoms with E-state index in [4.69, 9.17) is 14.6 Å². The average molecular weight is 548 g/mol. The first kappa shape index (κ1) is 28.8. The summed E-state index contributed by atoms with van der Waals surface area (Å²) in [4.78, 5) is 12.6. The first-order valence-electron chi connectivity index (χ1n) is 11.6. The second-order valence-corrected chi connectivity index (χ2v) is 8.25. The number of amides is 2. The van der Waals surface area contributed by atoms with Crippen molar-refractivity contribution in [3.05, 3.63) is 77.4 Å². The SMILES string of the molecule is CNC(=O)N1N=C(c2ccc(-c3ccc(OC(F)F)cc3)cc2)c2cc(OC)c(OC)cc2CC1C.FP. The Kier molecular flexibility index (Phi) is 9.96. The second kappa shape index (κ2) is 13.1. The molecule has 1 heterocycles. The van der Waals surface area contributed by atoms with Gasteiger partial charge in [-0.15, -0.1) is 0 Å². The molecule has 0 radical (unpaired) electrons. The number of alkyl halides is 2. The van der Waals surface area contributed by atoms with E-state index in [2.05, 4.69) is 10.1 Å². The standard InChI is InChI=1S/C27H27F2N3O4.FH2P/c1-16-13-20-14-23(34-3)24(35-4)15-22(20)25(31-32(16)27(33)30-2)19-7-5-17(6-8-19)18-9-11-21(12-10-18)36-26(28)29;1-2/h5-12,14-16,26H,13H2,1-4H3,(H,30,33);2H2. The summed E-state index contributed by atoms with van der Waals surface area (Å²) in [5.41, 5.74) is 4.97. The average Bonchev–Trinajstić information content (AvgIpc) is 3.08. The van der Waals surface area contributed by atoms with Crippen molar-refractivity contribution in [2.24, 2.45) is 5.10 Å². The molecule has 11 heteroatoms. The first-order valence-corrected chi connectivity index (χ1v) is 12.0. The lowest BCUT2D eigenvalue weighted by Gasteiger charge is -2.22. The third-order valence-electron chi connectivity index (χ3n) is 6.00. The minimum Gasteiger partial charge on any atom is -0.493 e. The van der Waals surface area contributed by atoms with Gasteiger partial charge in [0.15, 0.2) is 11.5 Å². The van der Waals surface area contributed by atoms with Crippen LogP contribution in [0.5, 0.6) is 17.2 Å². The minimum absolute atomic E-state index is 0.0996. The first-order chi connectivity index (χ1) is 18.3. The molecule has 202 valence electrons. The van der Waals surface area contributed by atoms with Crippen molar-refractivity contribution in [1.29, 1.82) is 0 Å². The van der Waals surface area contributed by atoms with E-state index in [1.807, 2.05) is 43.3 Å². The molecule has 2 atom stereocenters. The number of fused-ring (bicyclic) bond motifs is 1. The molecule has 2 unspecified atom stereocenters. The molecular weight excluding hydrogens is 518 g/mol. The Morgan fingerprint density at radius 2 is 1.50 bits per heavy atom. The molecule has 1 N–H and O–H groups in total. The predicted molar refractivity (Wildman–Crippen MR) is 144 cm³/mol. The molecular formula is C27H29F3N3O4P. The van der Waals surface area contributed by atoms with Crippen molar-refractivity contribution in [3.8, 4) is 28.4 Å². The quantitative estimate of drug-likeness (QED) is 0.381. The summed E-state index contributed by atoms with van der Waals surface area (Å²) in [6.45, 7) is -0.929. The number of rotatable bonds is 6. The van der Waals surface area contributed by atoms with Crippen LogP contribution in [0.3, 0.4) is 0 Å². The summed E-state index contributed by atoms with van der Waals surface area (Å²) in [5, 5.41) is 8.87. The largest absolute Gasteiger partial charge is 0.493 e. The van der Waals surface area contributed by atoms with Crippen molar-refractivity contribution in [1.82, 2.24) is 10.3 Å². The van der Waals surface area contributed by atoms with Crippen LogP contribution in [0.2, 0.25) is 0 Å². The van der Waals surface area contributed by atoms with E-state index in [-0.39, 0.29) is 17.8 Å². The summed E-state index contributed by atoms with van der Waals surface area (Å²) in [5.74, 6) is 1.26. The van der Waals surface area contributed by atoms with Gasteiger partial charge in [-0.3, -0.25) is 0 Å². The molecule has 0 saturated carbocycles. The molecule has 3 aromatic rings. The summed E-state index contributed by atoms with van der Waals surface area (Å²) >= 11 is 0. The van der Waals surface area contributed by atoms with E-state index in [1.54, 1.807) is 33.4 Å². The molecule has 0 saturated heterocycles. The number of hydrogen-bond acceptors (Lipinski definition) is 5. The molecule has 1 aliphatic heterocycles. The van der Waals surface area contributed by atoms with Gasteiger partial charge >= 0.3 is 12.6 Å².